The van der Waals surface area contributed by atoms with Crippen molar-refractivity contribution in [3.63, 3.8) is 0 Å². The maximum Gasteiger partial charge on any atom is 0.256 e. The lowest BCUT2D eigenvalue weighted by molar-refractivity contribution is -0.141. The Morgan fingerprint density at radius 3 is 2.47 bits per heavy atom. The number of fused-ring (bicyclic) bond motifs is 1. The molecule has 192 valence electrons. The number of nitrogens with zero attached hydrogens (tertiary/aromatic N) is 2. The molecule has 0 bridgehead atoms. The van der Waals surface area contributed by atoms with Crippen molar-refractivity contribution in [2.45, 2.75) is 43.7 Å². The SMILES string of the molecule is O=C([C@@H](O)c1cccc(-c2cccc(F)c2)c1)N1CCCc2nc(C3(c4ccccc4)CC3)[nH]c(=O)c2C1. The Hall–Kier alpha value is -4.10. The molecule has 6 nitrogen and oxygen atoms in total. The van der Waals surface area contributed by atoms with Crippen LogP contribution in [-0.4, -0.2) is 32.4 Å². The molecule has 38 heavy (non-hydrogen) atoms. The monoisotopic (exact) mass is 509 g/mol. The number of H-pyrrole nitrogens is 1. The van der Waals surface area contributed by atoms with Crippen LogP contribution in [0.5, 0.6) is 0 Å². The highest BCUT2D eigenvalue weighted by Gasteiger charge is 2.48. The zero-order valence-electron chi connectivity index (χ0n) is 20.9. The molecule has 7 heteroatoms. The van der Waals surface area contributed by atoms with E-state index in [2.05, 4.69) is 17.1 Å². The largest absolute Gasteiger partial charge is 0.378 e. The molecule has 1 fully saturated rings. The molecule has 0 saturated heterocycles. The number of carbonyl (C=O) groups excluding carboxylic acids is 1. The van der Waals surface area contributed by atoms with Gasteiger partial charge in [0.1, 0.15) is 11.6 Å². The predicted octanol–water partition coefficient (Wildman–Crippen LogP) is 4.66. The minimum atomic E-state index is -1.40. The second-order valence-electron chi connectivity index (χ2n) is 10.2. The van der Waals surface area contributed by atoms with E-state index in [4.69, 9.17) is 4.98 Å². The number of aromatic amines is 1. The first-order chi connectivity index (χ1) is 18.4. The third-order valence-electron chi connectivity index (χ3n) is 7.73. The lowest BCUT2D eigenvalue weighted by Crippen LogP contribution is -2.36. The summed E-state index contributed by atoms with van der Waals surface area (Å²) in [6, 6.07) is 23.2. The Labute approximate surface area is 219 Å². The molecular weight excluding hydrogens is 481 g/mol. The smallest absolute Gasteiger partial charge is 0.256 e. The Balaban J connectivity index is 1.25. The van der Waals surface area contributed by atoms with Crippen LogP contribution < -0.4 is 5.56 Å². The van der Waals surface area contributed by atoms with Crippen molar-refractivity contribution in [1.82, 2.24) is 14.9 Å². The fourth-order valence-corrected chi connectivity index (χ4v) is 5.45. The summed E-state index contributed by atoms with van der Waals surface area (Å²) in [4.78, 5) is 36.1. The molecule has 6 rings (SSSR count). The third kappa shape index (κ3) is 4.43. The number of nitrogens with one attached hydrogen (secondary N) is 1. The lowest BCUT2D eigenvalue weighted by atomic mass is 9.94. The molecule has 2 N–H and O–H groups in total. The molecule has 1 aliphatic carbocycles. The van der Waals surface area contributed by atoms with Crippen LogP contribution >= 0.6 is 0 Å². The van der Waals surface area contributed by atoms with Crippen molar-refractivity contribution in [3.8, 4) is 11.1 Å². The fraction of sp³-hybridized carbons (Fsp3) is 0.258. The molecule has 1 amide bonds. The van der Waals surface area contributed by atoms with Crippen LogP contribution in [0.15, 0.2) is 83.7 Å². The predicted molar refractivity (Wildman–Crippen MR) is 142 cm³/mol. The Kier molecular flexibility index (Phi) is 6.16. The number of amides is 1. The first-order valence-corrected chi connectivity index (χ1v) is 13.0. The van der Waals surface area contributed by atoms with E-state index < -0.39 is 12.0 Å². The summed E-state index contributed by atoms with van der Waals surface area (Å²) in [6.07, 6.45) is 1.70. The van der Waals surface area contributed by atoms with Gasteiger partial charge in [-0.25, -0.2) is 9.37 Å². The van der Waals surface area contributed by atoms with Crippen LogP contribution in [0.4, 0.5) is 4.39 Å². The van der Waals surface area contributed by atoms with Crippen molar-refractivity contribution in [1.29, 1.82) is 0 Å². The van der Waals surface area contributed by atoms with Crippen molar-refractivity contribution in [2.75, 3.05) is 6.54 Å². The summed E-state index contributed by atoms with van der Waals surface area (Å²) in [5, 5.41) is 11.0. The van der Waals surface area contributed by atoms with E-state index in [0.29, 0.717) is 47.5 Å². The van der Waals surface area contributed by atoms with Crippen LogP contribution in [0.2, 0.25) is 0 Å². The average molecular weight is 510 g/mol. The normalized spacial score (nSPS) is 16.8. The lowest BCUT2D eigenvalue weighted by Gasteiger charge is -2.24. The minimum absolute atomic E-state index is 0.0930. The standard InChI is InChI=1S/C31H28FN3O3/c32-24-12-5-8-21(18-24)20-7-4-9-22(17-20)27(36)29(38)35-16-6-13-26-25(19-35)28(37)34-30(33-26)31(14-15-31)23-10-2-1-3-11-23/h1-5,7-12,17-18,27,36H,6,13-16,19H2,(H,33,34,37)/t27-/m0/s1. The molecule has 2 aliphatic rings. The van der Waals surface area contributed by atoms with Gasteiger partial charge < -0.3 is 15.0 Å². The van der Waals surface area contributed by atoms with Gasteiger partial charge in [-0.15, -0.1) is 0 Å². The van der Waals surface area contributed by atoms with E-state index in [9.17, 15) is 19.1 Å². The van der Waals surface area contributed by atoms with Gasteiger partial charge in [0.2, 0.25) is 0 Å². The summed E-state index contributed by atoms with van der Waals surface area (Å²) in [7, 11) is 0. The van der Waals surface area contributed by atoms with E-state index >= 15 is 0 Å². The molecule has 1 aliphatic heterocycles. The van der Waals surface area contributed by atoms with Crippen molar-refractivity contribution >= 4 is 5.91 Å². The number of rotatable bonds is 5. The third-order valence-corrected chi connectivity index (χ3v) is 7.73. The number of aliphatic hydroxyl groups excluding tert-OH is 1. The van der Waals surface area contributed by atoms with Crippen molar-refractivity contribution in [3.05, 3.63) is 123 Å². The number of aliphatic hydroxyl groups is 1. The average Bonchev–Trinajstić information content (AvgIpc) is 3.77. The maximum absolute atomic E-state index is 13.7. The molecule has 1 saturated carbocycles. The molecule has 0 spiro atoms. The molecule has 1 aromatic heterocycles. The van der Waals surface area contributed by atoms with Gasteiger partial charge in [0.15, 0.2) is 6.10 Å². The summed E-state index contributed by atoms with van der Waals surface area (Å²) in [5.74, 6) is -0.131. The van der Waals surface area contributed by atoms with Crippen LogP contribution in [0.25, 0.3) is 11.1 Å². The zero-order chi connectivity index (χ0) is 26.3. The number of hydrogen-bond donors (Lipinski definition) is 2. The van der Waals surface area contributed by atoms with Crippen LogP contribution in [-0.2, 0) is 23.2 Å². The van der Waals surface area contributed by atoms with Crippen LogP contribution in [0.1, 0.15) is 53.6 Å². The fourth-order valence-electron chi connectivity index (χ4n) is 5.45. The number of carbonyl (C=O) groups is 1. The first kappa shape index (κ1) is 24.2. The van der Waals surface area contributed by atoms with Gasteiger partial charge in [0.25, 0.3) is 11.5 Å². The van der Waals surface area contributed by atoms with Gasteiger partial charge in [0, 0.05) is 6.54 Å². The second-order valence-corrected chi connectivity index (χ2v) is 10.2. The van der Waals surface area contributed by atoms with E-state index in [-0.39, 0.29) is 23.3 Å². The molecule has 3 aromatic carbocycles. The summed E-state index contributed by atoms with van der Waals surface area (Å²) < 4.78 is 13.7. The minimum Gasteiger partial charge on any atom is -0.378 e. The molecular formula is C31H28FN3O3. The van der Waals surface area contributed by atoms with Gasteiger partial charge in [-0.3, -0.25) is 9.59 Å². The summed E-state index contributed by atoms with van der Waals surface area (Å²) >= 11 is 0. The molecule has 0 radical (unpaired) electrons. The van der Waals surface area contributed by atoms with Crippen molar-refractivity contribution < 1.29 is 14.3 Å². The number of hydrogen-bond acceptors (Lipinski definition) is 4. The molecule has 1 atom stereocenters. The molecule has 2 heterocycles. The Morgan fingerprint density at radius 2 is 1.74 bits per heavy atom. The van der Waals surface area contributed by atoms with Crippen molar-refractivity contribution in [2.24, 2.45) is 0 Å². The van der Waals surface area contributed by atoms with Crippen LogP contribution in [0.3, 0.4) is 0 Å². The van der Waals surface area contributed by atoms with E-state index in [1.54, 1.807) is 30.3 Å². The van der Waals surface area contributed by atoms with Gasteiger partial charge in [-0.1, -0.05) is 60.7 Å². The molecule has 0 unspecified atom stereocenters. The second kappa shape index (κ2) is 9.65. The summed E-state index contributed by atoms with van der Waals surface area (Å²) in [5.41, 5.74) is 3.66. The van der Waals surface area contributed by atoms with Gasteiger partial charge in [-0.2, -0.15) is 0 Å². The Bertz CT molecular complexity index is 1560. The highest BCUT2D eigenvalue weighted by Crippen LogP contribution is 2.51. The quantitative estimate of drug-likeness (QED) is 0.410. The number of halogens is 1. The summed E-state index contributed by atoms with van der Waals surface area (Å²) in [6.45, 7) is 0.504. The maximum atomic E-state index is 13.7. The van der Waals surface area contributed by atoms with Gasteiger partial charge in [0.05, 0.1) is 23.2 Å². The van der Waals surface area contributed by atoms with E-state index in [1.165, 1.54) is 17.0 Å². The van der Waals surface area contributed by atoms with Crippen LogP contribution in [0, 0.1) is 5.82 Å². The number of aryl methyl sites for hydroxylation is 1. The topological polar surface area (TPSA) is 86.3 Å². The molecule has 4 aromatic rings. The van der Waals surface area contributed by atoms with E-state index in [1.807, 2.05) is 24.3 Å². The van der Waals surface area contributed by atoms with Gasteiger partial charge >= 0.3 is 0 Å². The zero-order valence-corrected chi connectivity index (χ0v) is 20.9. The highest BCUT2D eigenvalue weighted by molar-refractivity contribution is 5.82. The van der Waals surface area contributed by atoms with Gasteiger partial charge in [-0.05, 0) is 66.1 Å². The highest BCUT2D eigenvalue weighted by atomic mass is 19.1. The van der Waals surface area contributed by atoms with E-state index in [0.717, 1.165) is 24.1 Å². The first-order valence-electron chi connectivity index (χ1n) is 13.0. The number of benzene rings is 3. The number of aromatic nitrogens is 2. The Morgan fingerprint density at radius 1 is 1.00 bits per heavy atom.